The van der Waals surface area contributed by atoms with E-state index in [-0.39, 0.29) is 0 Å². The van der Waals surface area contributed by atoms with Gasteiger partial charge in [0.1, 0.15) is 0 Å². The van der Waals surface area contributed by atoms with Gasteiger partial charge in [0, 0.05) is 35.6 Å². The van der Waals surface area contributed by atoms with Gasteiger partial charge < -0.3 is 5.32 Å². The maximum Gasteiger partial charge on any atom is 0.0897 e. The molecule has 0 aliphatic carbocycles. The number of nitrogens with zero attached hydrogens (tertiary/aromatic N) is 3. The third-order valence-electron chi connectivity index (χ3n) is 3.94. The number of hydrogen-bond donors (Lipinski definition) is 1. The van der Waals surface area contributed by atoms with Gasteiger partial charge in [0.2, 0.25) is 0 Å². The standard InChI is InChI=1S/C15H22N4S2/c1-11-15(20-10-18-11)9-19(7-13-3-4-16-5-13)8-14-6-17-12(2)21-14/h6,10,13,16H,3-5,7-9H2,1-2H3/t13-/m1/s1. The second-order valence-corrected chi connectivity index (χ2v) is 7.99. The van der Waals surface area contributed by atoms with E-state index >= 15 is 0 Å². The van der Waals surface area contributed by atoms with Crippen molar-refractivity contribution in [1.29, 1.82) is 0 Å². The second-order valence-electron chi connectivity index (χ2n) is 5.73. The van der Waals surface area contributed by atoms with Gasteiger partial charge in [-0.25, -0.2) is 9.97 Å². The van der Waals surface area contributed by atoms with Crippen molar-refractivity contribution in [3.05, 3.63) is 32.2 Å². The van der Waals surface area contributed by atoms with Crippen molar-refractivity contribution in [2.75, 3.05) is 19.6 Å². The summed E-state index contributed by atoms with van der Waals surface area (Å²) >= 11 is 3.58. The first-order chi connectivity index (χ1) is 10.2. The average Bonchev–Trinajstić information content (AvgIpc) is 3.16. The molecule has 0 aromatic carbocycles. The van der Waals surface area contributed by atoms with E-state index in [0.717, 1.165) is 43.6 Å². The van der Waals surface area contributed by atoms with Crippen LogP contribution in [0.25, 0.3) is 0 Å². The van der Waals surface area contributed by atoms with E-state index in [4.69, 9.17) is 0 Å². The largest absolute Gasteiger partial charge is 0.316 e. The third kappa shape index (κ3) is 4.10. The van der Waals surface area contributed by atoms with Gasteiger partial charge in [-0.15, -0.1) is 22.7 Å². The van der Waals surface area contributed by atoms with E-state index in [9.17, 15) is 0 Å². The van der Waals surface area contributed by atoms with Crippen molar-refractivity contribution < 1.29 is 0 Å². The van der Waals surface area contributed by atoms with E-state index in [1.807, 2.05) is 23.0 Å². The lowest BCUT2D eigenvalue weighted by Crippen LogP contribution is -2.29. The van der Waals surface area contributed by atoms with Crippen LogP contribution in [0.2, 0.25) is 0 Å². The molecule has 0 saturated carbocycles. The normalized spacial score (nSPS) is 18.7. The summed E-state index contributed by atoms with van der Waals surface area (Å²) in [5.41, 5.74) is 3.13. The number of aryl methyl sites for hydroxylation is 2. The lowest BCUT2D eigenvalue weighted by atomic mass is 10.1. The van der Waals surface area contributed by atoms with Gasteiger partial charge in [0.15, 0.2) is 0 Å². The molecule has 3 rings (SSSR count). The zero-order chi connectivity index (χ0) is 14.7. The number of thiazole rings is 2. The zero-order valence-corrected chi connectivity index (χ0v) is 14.3. The Bertz CT molecular complexity index is 572. The molecular formula is C15H22N4S2. The predicted molar refractivity (Wildman–Crippen MR) is 88.8 cm³/mol. The molecule has 0 amide bonds. The Balaban J connectivity index is 1.68. The minimum atomic E-state index is 0.771. The van der Waals surface area contributed by atoms with Crippen molar-refractivity contribution in [1.82, 2.24) is 20.2 Å². The van der Waals surface area contributed by atoms with E-state index in [1.54, 1.807) is 11.3 Å². The van der Waals surface area contributed by atoms with Gasteiger partial charge in [0.25, 0.3) is 0 Å². The fraction of sp³-hybridized carbons (Fsp3) is 0.600. The number of hydrogen-bond acceptors (Lipinski definition) is 6. The molecular weight excluding hydrogens is 300 g/mol. The Morgan fingerprint density at radius 1 is 1.33 bits per heavy atom. The highest BCUT2D eigenvalue weighted by molar-refractivity contribution is 7.11. The fourth-order valence-corrected chi connectivity index (χ4v) is 4.46. The lowest BCUT2D eigenvalue weighted by molar-refractivity contribution is 0.224. The maximum atomic E-state index is 4.39. The summed E-state index contributed by atoms with van der Waals surface area (Å²) in [6.45, 7) is 9.66. The van der Waals surface area contributed by atoms with Crippen LogP contribution in [0.5, 0.6) is 0 Å². The Hall–Kier alpha value is -0.820. The van der Waals surface area contributed by atoms with Gasteiger partial charge in [-0.05, 0) is 39.3 Å². The monoisotopic (exact) mass is 322 g/mol. The summed E-state index contributed by atoms with van der Waals surface area (Å²) in [6.07, 6.45) is 3.32. The second kappa shape index (κ2) is 6.96. The van der Waals surface area contributed by atoms with Crippen molar-refractivity contribution in [3.8, 4) is 0 Å². The molecule has 0 spiro atoms. The molecule has 1 N–H and O–H groups in total. The molecule has 0 unspecified atom stereocenters. The predicted octanol–water partition coefficient (Wildman–Crippen LogP) is 2.83. The van der Waals surface area contributed by atoms with Crippen LogP contribution >= 0.6 is 22.7 Å². The number of nitrogens with one attached hydrogen (secondary N) is 1. The smallest absolute Gasteiger partial charge is 0.0897 e. The topological polar surface area (TPSA) is 41.1 Å². The Morgan fingerprint density at radius 2 is 2.24 bits per heavy atom. The van der Waals surface area contributed by atoms with Gasteiger partial charge in [0.05, 0.1) is 16.2 Å². The molecule has 0 bridgehead atoms. The summed E-state index contributed by atoms with van der Waals surface area (Å²) in [7, 11) is 0. The SMILES string of the molecule is Cc1ncc(CN(Cc2scnc2C)C[C@@H]2CCNC2)s1. The highest BCUT2D eigenvalue weighted by Gasteiger charge is 2.20. The lowest BCUT2D eigenvalue weighted by Gasteiger charge is -2.24. The summed E-state index contributed by atoms with van der Waals surface area (Å²) in [5.74, 6) is 0.771. The van der Waals surface area contributed by atoms with Crippen molar-refractivity contribution in [3.63, 3.8) is 0 Å². The van der Waals surface area contributed by atoms with Crippen LogP contribution in [-0.4, -0.2) is 34.5 Å². The summed E-state index contributed by atoms with van der Waals surface area (Å²) in [5, 5.41) is 4.62. The van der Waals surface area contributed by atoms with Crippen LogP contribution in [0.1, 0.15) is 26.9 Å². The van der Waals surface area contributed by atoms with Crippen LogP contribution in [-0.2, 0) is 13.1 Å². The fourth-order valence-electron chi connectivity index (χ4n) is 2.80. The first-order valence-corrected chi connectivity index (χ1v) is 9.13. The minimum absolute atomic E-state index is 0.771. The molecule has 4 nitrogen and oxygen atoms in total. The van der Waals surface area contributed by atoms with Crippen molar-refractivity contribution in [2.45, 2.75) is 33.4 Å². The quantitative estimate of drug-likeness (QED) is 0.888. The first-order valence-electron chi connectivity index (χ1n) is 7.44. The van der Waals surface area contributed by atoms with Crippen LogP contribution in [0, 0.1) is 19.8 Å². The highest BCUT2D eigenvalue weighted by atomic mass is 32.1. The third-order valence-corrected chi connectivity index (χ3v) is 5.76. The van der Waals surface area contributed by atoms with Crippen LogP contribution in [0.4, 0.5) is 0 Å². The number of aromatic nitrogens is 2. The molecule has 114 valence electrons. The van der Waals surface area contributed by atoms with Gasteiger partial charge in [-0.3, -0.25) is 4.90 Å². The first kappa shape index (κ1) is 15.1. The van der Waals surface area contributed by atoms with Gasteiger partial charge in [-0.1, -0.05) is 0 Å². The molecule has 1 saturated heterocycles. The zero-order valence-electron chi connectivity index (χ0n) is 12.6. The van der Waals surface area contributed by atoms with Crippen molar-refractivity contribution in [2.24, 2.45) is 5.92 Å². The molecule has 1 fully saturated rings. The van der Waals surface area contributed by atoms with Crippen molar-refractivity contribution >= 4 is 22.7 Å². The summed E-state index contributed by atoms with van der Waals surface area (Å²) in [4.78, 5) is 14.1. The Kier molecular flexibility index (Phi) is 5.00. The Morgan fingerprint density at radius 3 is 2.86 bits per heavy atom. The minimum Gasteiger partial charge on any atom is -0.316 e. The van der Waals surface area contributed by atoms with E-state index in [2.05, 4.69) is 34.0 Å². The number of rotatable bonds is 6. The van der Waals surface area contributed by atoms with Crippen LogP contribution < -0.4 is 5.32 Å². The van der Waals surface area contributed by atoms with Gasteiger partial charge in [-0.2, -0.15) is 0 Å². The molecule has 21 heavy (non-hydrogen) atoms. The molecule has 2 aromatic heterocycles. The molecule has 0 radical (unpaired) electrons. The van der Waals surface area contributed by atoms with Crippen LogP contribution in [0.3, 0.4) is 0 Å². The Labute approximate surface area is 134 Å². The summed E-state index contributed by atoms with van der Waals surface area (Å²) < 4.78 is 0. The van der Waals surface area contributed by atoms with E-state index in [1.165, 1.54) is 21.9 Å². The highest BCUT2D eigenvalue weighted by Crippen LogP contribution is 2.21. The average molecular weight is 323 g/mol. The van der Waals surface area contributed by atoms with E-state index < -0.39 is 0 Å². The summed E-state index contributed by atoms with van der Waals surface area (Å²) in [6, 6.07) is 0. The van der Waals surface area contributed by atoms with Gasteiger partial charge >= 0.3 is 0 Å². The molecule has 1 aliphatic rings. The molecule has 2 aromatic rings. The van der Waals surface area contributed by atoms with Crippen LogP contribution in [0.15, 0.2) is 11.7 Å². The molecule has 3 heterocycles. The molecule has 6 heteroatoms. The molecule has 1 aliphatic heterocycles. The molecule has 1 atom stereocenters. The van der Waals surface area contributed by atoms with E-state index in [0.29, 0.717) is 0 Å². The maximum absolute atomic E-state index is 4.39.